The molecule has 3 aliphatic heterocycles. The van der Waals surface area contributed by atoms with E-state index in [0.29, 0.717) is 38.2 Å². The van der Waals surface area contributed by atoms with Gasteiger partial charge in [-0.25, -0.2) is 4.79 Å². The maximum atomic E-state index is 13.1. The van der Waals surface area contributed by atoms with Crippen molar-refractivity contribution >= 4 is 23.4 Å². The zero-order chi connectivity index (χ0) is 22.4. The summed E-state index contributed by atoms with van der Waals surface area (Å²) in [4.78, 5) is 31.0. The molecule has 0 saturated carbocycles. The van der Waals surface area contributed by atoms with Crippen LogP contribution in [0.5, 0.6) is 0 Å². The zero-order valence-corrected chi connectivity index (χ0v) is 18.5. The molecule has 0 aromatic carbocycles. The van der Waals surface area contributed by atoms with Gasteiger partial charge in [0.05, 0.1) is 18.3 Å². The summed E-state index contributed by atoms with van der Waals surface area (Å²) in [6, 6.07) is -0.394. The molecule has 3 heterocycles. The number of allylic oxidation sites excluding steroid dienone is 2. The van der Waals surface area contributed by atoms with E-state index in [2.05, 4.69) is 0 Å². The fourth-order valence-electron chi connectivity index (χ4n) is 4.60. The van der Waals surface area contributed by atoms with E-state index in [4.69, 9.17) is 15.6 Å². The van der Waals surface area contributed by atoms with E-state index < -0.39 is 11.4 Å². The molecule has 2 fully saturated rings. The topological polar surface area (TPSA) is 121 Å². The highest BCUT2D eigenvalue weighted by molar-refractivity contribution is 6.69. The van der Waals surface area contributed by atoms with Gasteiger partial charge in [0, 0.05) is 31.6 Å². The van der Waals surface area contributed by atoms with E-state index in [1.165, 1.54) is 0 Å². The number of aliphatic hydroxyl groups is 1. The van der Waals surface area contributed by atoms with Gasteiger partial charge in [-0.2, -0.15) is 0 Å². The first-order valence-corrected chi connectivity index (χ1v) is 10.6. The predicted octanol–water partition coefficient (Wildman–Crippen LogP) is 1.81. The minimum atomic E-state index is -0.575. The lowest BCUT2D eigenvalue weighted by Crippen LogP contribution is -2.58. The van der Waals surface area contributed by atoms with E-state index >= 15 is 0 Å². The van der Waals surface area contributed by atoms with Crippen LogP contribution in [0.2, 0.25) is 0 Å². The van der Waals surface area contributed by atoms with Crippen molar-refractivity contribution < 1.29 is 19.4 Å². The summed E-state index contributed by atoms with van der Waals surface area (Å²) >= 11 is 0. The summed E-state index contributed by atoms with van der Waals surface area (Å²) in [5.74, 6) is -0.584. The minimum Gasteiger partial charge on any atom is -0.444 e. The summed E-state index contributed by atoms with van der Waals surface area (Å²) in [6.45, 7) is 10.7. The molecule has 0 spiro atoms. The van der Waals surface area contributed by atoms with Gasteiger partial charge in [-0.15, -0.1) is 0 Å². The van der Waals surface area contributed by atoms with Crippen molar-refractivity contribution in [2.75, 3.05) is 26.2 Å². The van der Waals surface area contributed by atoms with Gasteiger partial charge < -0.3 is 24.5 Å². The van der Waals surface area contributed by atoms with Gasteiger partial charge in [0.15, 0.2) is 5.84 Å². The van der Waals surface area contributed by atoms with E-state index in [9.17, 15) is 14.7 Å². The smallest absolute Gasteiger partial charge is 0.410 e. The Labute approximate surface area is 177 Å². The highest BCUT2D eigenvalue weighted by atomic mass is 16.6. The number of hydrogen-bond acceptors (Lipinski definition) is 7. The first-order valence-electron chi connectivity index (χ1n) is 10.6. The first kappa shape index (κ1) is 22.3. The van der Waals surface area contributed by atoms with E-state index in [1.54, 1.807) is 9.80 Å². The second-order valence-electron chi connectivity index (χ2n) is 9.31. The van der Waals surface area contributed by atoms with Gasteiger partial charge in [-0.05, 0) is 33.6 Å². The fraction of sp³-hybridized carbons (Fsp3) is 0.714. The molecule has 0 aromatic heterocycles. The number of ether oxygens (including phenoxy) is 1. The normalized spacial score (nSPS) is 27.7. The molecule has 2 saturated heterocycles. The number of amidine groups is 1. The second kappa shape index (κ2) is 8.02. The molecule has 9 nitrogen and oxygen atoms in total. The first-order chi connectivity index (χ1) is 14.0. The number of carbonyl (C=O) groups is 2. The molecule has 0 radical (unpaired) electrons. The van der Waals surface area contributed by atoms with E-state index in [-0.39, 0.29) is 42.2 Å². The van der Waals surface area contributed by atoms with Crippen LogP contribution in [0.4, 0.5) is 4.79 Å². The van der Waals surface area contributed by atoms with E-state index in [1.807, 2.05) is 39.5 Å². The summed E-state index contributed by atoms with van der Waals surface area (Å²) in [7, 11) is 0. The Morgan fingerprint density at radius 3 is 2.47 bits per heavy atom. The number of piperazine rings is 1. The van der Waals surface area contributed by atoms with Crippen LogP contribution in [-0.2, 0) is 9.53 Å². The van der Waals surface area contributed by atoms with Crippen LogP contribution in [0.15, 0.2) is 11.4 Å². The van der Waals surface area contributed by atoms with Crippen molar-refractivity contribution in [2.45, 2.75) is 65.1 Å². The van der Waals surface area contributed by atoms with Gasteiger partial charge in [0.1, 0.15) is 17.0 Å². The van der Waals surface area contributed by atoms with Crippen molar-refractivity contribution in [3.8, 4) is 0 Å². The molecule has 3 rings (SSSR count). The number of fused-ring (bicyclic) bond motifs is 1. The number of nitrogens with one attached hydrogen (secondary N) is 2. The Morgan fingerprint density at radius 2 is 1.90 bits per heavy atom. The largest absolute Gasteiger partial charge is 0.444 e. The van der Waals surface area contributed by atoms with Gasteiger partial charge in [0.2, 0.25) is 5.78 Å². The van der Waals surface area contributed by atoms with Crippen LogP contribution >= 0.6 is 0 Å². The van der Waals surface area contributed by atoms with Crippen LogP contribution < -0.4 is 0 Å². The third-order valence-electron chi connectivity index (χ3n) is 5.98. The molecule has 0 aliphatic carbocycles. The van der Waals surface area contributed by atoms with Crippen LogP contribution in [0.25, 0.3) is 0 Å². The number of aliphatic hydroxyl groups excluding tert-OH is 1. The second-order valence-corrected chi connectivity index (χ2v) is 9.31. The highest BCUT2D eigenvalue weighted by Crippen LogP contribution is 2.40. The number of Topliss-reactive ketones (excluding diaryl/α,β-unsaturated/α-hetero) is 1. The molecule has 3 atom stereocenters. The molecular weight excluding hydrogens is 386 g/mol. The molecule has 0 bridgehead atoms. The quantitative estimate of drug-likeness (QED) is 0.642. The summed E-state index contributed by atoms with van der Waals surface area (Å²) in [5.41, 5.74) is 0.263. The van der Waals surface area contributed by atoms with Crippen LogP contribution in [0.1, 0.15) is 47.5 Å². The monoisotopic (exact) mass is 419 g/mol. The van der Waals surface area contributed by atoms with Crippen molar-refractivity contribution in [3.05, 3.63) is 11.4 Å². The summed E-state index contributed by atoms with van der Waals surface area (Å²) < 4.78 is 5.51. The van der Waals surface area contributed by atoms with Crippen LogP contribution in [0.3, 0.4) is 0 Å². The molecule has 9 heteroatoms. The molecule has 3 aliphatic rings. The van der Waals surface area contributed by atoms with Gasteiger partial charge in [-0.3, -0.25) is 15.6 Å². The number of amides is 1. The Bertz CT molecular complexity index is 800. The standard InChI is InChI=1S/C21H33N5O4/c1-6-13-10-24(20(29)30-21(3,4)5)7-8-25(13)17-16-12(2)9-14(11-27)26(16)19(23)15(22)18(17)28/h12-14,22-23,27H,6-11H2,1-5H3. The minimum absolute atomic E-state index is 0.00376. The van der Waals surface area contributed by atoms with Crippen molar-refractivity contribution in [1.29, 1.82) is 10.8 Å². The molecule has 30 heavy (non-hydrogen) atoms. The summed E-state index contributed by atoms with van der Waals surface area (Å²) in [6.07, 6.45) is 0.984. The van der Waals surface area contributed by atoms with Crippen molar-refractivity contribution in [1.82, 2.24) is 14.7 Å². The Hall–Kier alpha value is -2.42. The molecular formula is C21H33N5O4. The SMILES string of the molecule is CCC1CN(C(=O)OC(C)(C)C)CCN1C1=C2C(C)CC(CO)N2C(=N)C(=N)C1=O. The molecule has 166 valence electrons. The Morgan fingerprint density at radius 1 is 1.23 bits per heavy atom. The number of nitrogens with zero attached hydrogens (tertiary/aromatic N) is 3. The fourth-order valence-corrected chi connectivity index (χ4v) is 4.60. The predicted molar refractivity (Wildman–Crippen MR) is 113 cm³/mol. The average Bonchev–Trinajstić information content (AvgIpc) is 3.01. The number of hydrogen-bond donors (Lipinski definition) is 3. The average molecular weight is 420 g/mol. The number of ketones is 1. The number of rotatable bonds is 3. The highest BCUT2D eigenvalue weighted by Gasteiger charge is 2.48. The molecule has 0 aromatic rings. The molecule has 3 unspecified atom stereocenters. The lowest BCUT2D eigenvalue weighted by atomic mass is 9.95. The molecule has 3 N–H and O–H groups in total. The Balaban J connectivity index is 1.93. The van der Waals surface area contributed by atoms with Crippen LogP contribution in [-0.4, -0.2) is 87.2 Å². The lowest BCUT2D eigenvalue weighted by Gasteiger charge is -2.45. The van der Waals surface area contributed by atoms with Crippen LogP contribution in [0, 0.1) is 16.7 Å². The number of carbonyl (C=O) groups excluding carboxylic acids is 2. The zero-order valence-electron chi connectivity index (χ0n) is 18.5. The summed E-state index contributed by atoms with van der Waals surface area (Å²) in [5, 5.41) is 26.3. The Kier molecular flexibility index (Phi) is 5.95. The third-order valence-corrected chi connectivity index (χ3v) is 5.98. The van der Waals surface area contributed by atoms with Gasteiger partial charge in [0.25, 0.3) is 0 Å². The van der Waals surface area contributed by atoms with Gasteiger partial charge >= 0.3 is 6.09 Å². The third kappa shape index (κ3) is 3.82. The lowest BCUT2D eigenvalue weighted by molar-refractivity contribution is -0.112. The molecule has 1 amide bonds. The van der Waals surface area contributed by atoms with Crippen molar-refractivity contribution in [2.24, 2.45) is 5.92 Å². The van der Waals surface area contributed by atoms with E-state index in [0.717, 1.165) is 5.70 Å². The van der Waals surface area contributed by atoms with Gasteiger partial charge in [-0.1, -0.05) is 13.8 Å². The van der Waals surface area contributed by atoms with Crippen molar-refractivity contribution in [3.63, 3.8) is 0 Å². The maximum absolute atomic E-state index is 13.1. The maximum Gasteiger partial charge on any atom is 0.410 e.